The van der Waals surface area contributed by atoms with E-state index < -0.39 is 78.2 Å². The SMILES string of the molecule is CC[C@@H]1/C=C(\C)C[C@H](C)C[C@H](OC)[C@H]2O[C@@](O)(C(=O)C(=O)N3CCCC[C@H]3C(=O)O[C@H](/C(C)=C/C3CCC(OC(=O)CC(=O)O)CC3)[C@H](C)CCC1=O)[C@H](C)C[C@@H]2OC. The van der Waals surface area contributed by atoms with Crippen molar-refractivity contribution in [1.82, 2.24) is 4.90 Å². The molecule has 10 atom stereocenters. The molecule has 2 bridgehead atoms. The average Bonchev–Trinajstić information content (AvgIpc) is 3.20. The third kappa shape index (κ3) is 12.5. The van der Waals surface area contributed by atoms with E-state index in [2.05, 4.69) is 13.0 Å². The summed E-state index contributed by atoms with van der Waals surface area (Å²) in [7, 11) is 3.08. The molecule has 1 saturated carbocycles. The second-order valence-electron chi connectivity index (χ2n) is 17.7. The van der Waals surface area contributed by atoms with Crippen LogP contribution in [0.2, 0.25) is 0 Å². The number of carboxylic acid groups (broad SMARTS) is 1. The molecular weight excluding hydrogens is 762 g/mol. The van der Waals surface area contributed by atoms with Crippen molar-refractivity contribution < 1.29 is 62.7 Å². The van der Waals surface area contributed by atoms with Gasteiger partial charge < -0.3 is 38.8 Å². The van der Waals surface area contributed by atoms with Crippen molar-refractivity contribution in [1.29, 1.82) is 0 Å². The number of piperidine rings is 1. The molecule has 0 aromatic carbocycles. The molecule has 0 aromatic heterocycles. The Morgan fingerprint density at radius 3 is 2.25 bits per heavy atom. The van der Waals surface area contributed by atoms with Crippen LogP contribution in [-0.4, -0.2) is 114 Å². The Hall–Kier alpha value is -3.46. The van der Waals surface area contributed by atoms with E-state index in [1.54, 1.807) is 14.0 Å². The first-order valence-corrected chi connectivity index (χ1v) is 21.7. The normalized spacial score (nSPS) is 37.3. The molecule has 3 heterocycles. The Morgan fingerprint density at radius 1 is 0.966 bits per heavy atom. The number of carboxylic acids is 1. The van der Waals surface area contributed by atoms with Gasteiger partial charge in [-0.3, -0.25) is 24.0 Å². The van der Waals surface area contributed by atoms with Gasteiger partial charge in [0.2, 0.25) is 5.79 Å². The maximum Gasteiger partial charge on any atom is 0.329 e. The molecule has 332 valence electrons. The van der Waals surface area contributed by atoms with Crippen molar-refractivity contribution in [3.63, 3.8) is 0 Å². The fourth-order valence-corrected chi connectivity index (χ4v) is 9.57. The number of rotatable bonds is 8. The van der Waals surface area contributed by atoms with Crippen molar-refractivity contribution in [2.75, 3.05) is 20.8 Å². The number of aliphatic hydroxyl groups is 1. The van der Waals surface area contributed by atoms with Crippen molar-refractivity contribution in [3.8, 4) is 0 Å². The summed E-state index contributed by atoms with van der Waals surface area (Å²) in [6.07, 6.45) is 6.94. The lowest BCUT2D eigenvalue weighted by molar-refractivity contribution is -0.302. The number of ether oxygens (including phenoxy) is 5. The Bertz CT molecular complexity index is 1570. The number of nitrogens with zero attached hydrogens (tertiary/aromatic N) is 1. The summed E-state index contributed by atoms with van der Waals surface area (Å²) in [5.74, 6) is -8.46. The molecule has 59 heavy (non-hydrogen) atoms. The van der Waals surface area contributed by atoms with Gasteiger partial charge in [0, 0.05) is 39.0 Å². The van der Waals surface area contributed by atoms with Crippen LogP contribution in [0.15, 0.2) is 23.3 Å². The number of ketones is 2. The molecule has 1 aliphatic carbocycles. The predicted octanol–water partition coefficient (Wildman–Crippen LogP) is 5.90. The number of amides is 1. The monoisotopic (exact) mass is 831 g/mol. The molecule has 0 aromatic rings. The number of carbonyl (C=O) groups excluding carboxylic acids is 5. The van der Waals surface area contributed by atoms with Crippen LogP contribution in [0.4, 0.5) is 0 Å². The topological polar surface area (TPSA) is 192 Å². The van der Waals surface area contributed by atoms with Gasteiger partial charge in [-0.25, -0.2) is 4.79 Å². The fourth-order valence-electron chi connectivity index (χ4n) is 9.57. The third-order valence-electron chi connectivity index (χ3n) is 13.0. The van der Waals surface area contributed by atoms with Crippen LogP contribution >= 0.6 is 0 Å². The highest BCUT2D eigenvalue weighted by molar-refractivity contribution is 6.39. The van der Waals surface area contributed by atoms with Crippen LogP contribution < -0.4 is 0 Å². The number of hydrogen-bond acceptors (Lipinski definition) is 12. The minimum atomic E-state index is -2.49. The number of fused-ring (bicyclic) bond motifs is 3. The zero-order chi connectivity index (χ0) is 43.6. The van der Waals surface area contributed by atoms with E-state index in [-0.39, 0.29) is 61.4 Å². The molecule has 14 heteroatoms. The molecule has 3 fully saturated rings. The maximum atomic E-state index is 14.3. The third-order valence-corrected chi connectivity index (χ3v) is 13.0. The highest BCUT2D eigenvalue weighted by Crippen LogP contribution is 2.39. The van der Waals surface area contributed by atoms with Crippen LogP contribution in [-0.2, 0) is 52.5 Å². The lowest BCUT2D eigenvalue weighted by Gasteiger charge is -2.47. The second-order valence-corrected chi connectivity index (χ2v) is 17.7. The van der Waals surface area contributed by atoms with Crippen LogP contribution in [0.25, 0.3) is 0 Å². The number of hydrogen-bond donors (Lipinski definition) is 2. The number of allylic oxidation sites excluding steroid dienone is 3. The largest absolute Gasteiger partial charge is 0.481 e. The first-order chi connectivity index (χ1) is 27.9. The van der Waals surface area contributed by atoms with Crippen LogP contribution in [0.1, 0.15) is 131 Å². The van der Waals surface area contributed by atoms with E-state index in [4.69, 9.17) is 28.8 Å². The van der Waals surface area contributed by atoms with Crippen LogP contribution in [0, 0.1) is 29.6 Å². The number of carbonyl (C=O) groups is 6. The quantitative estimate of drug-likeness (QED) is 0.127. The van der Waals surface area contributed by atoms with E-state index in [1.807, 2.05) is 33.8 Å². The molecule has 1 amide bonds. The summed E-state index contributed by atoms with van der Waals surface area (Å²) in [6, 6.07) is -1.08. The molecule has 4 rings (SSSR count). The molecule has 3 aliphatic heterocycles. The molecule has 2 N–H and O–H groups in total. The summed E-state index contributed by atoms with van der Waals surface area (Å²) in [5.41, 5.74) is 1.84. The Morgan fingerprint density at radius 2 is 1.63 bits per heavy atom. The van der Waals surface area contributed by atoms with Gasteiger partial charge in [0.1, 0.15) is 36.6 Å². The van der Waals surface area contributed by atoms with Crippen molar-refractivity contribution in [3.05, 3.63) is 23.3 Å². The van der Waals surface area contributed by atoms with E-state index >= 15 is 0 Å². The highest BCUT2D eigenvalue weighted by atomic mass is 16.7. The number of Topliss-reactive ketones (excluding diaryl/α,β-unsaturated/α-hetero) is 2. The predicted molar refractivity (Wildman–Crippen MR) is 217 cm³/mol. The number of aliphatic carboxylic acids is 1. The highest BCUT2D eigenvalue weighted by Gasteiger charge is 2.56. The number of cyclic esters (lactones) is 1. The summed E-state index contributed by atoms with van der Waals surface area (Å²) < 4.78 is 29.7. The Kier molecular flexibility index (Phi) is 17.9. The van der Waals surface area contributed by atoms with E-state index in [1.165, 1.54) is 12.0 Å². The van der Waals surface area contributed by atoms with Crippen LogP contribution in [0.5, 0.6) is 0 Å². The van der Waals surface area contributed by atoms with Crippen molar-refractivity contribution in [2.24, 2.45) is 29.6 Å². The number of esters is 2. The van der Waals surface area contributed by atoms with Gasteiger partial charge in [-0.05, 0) is 114 Å². The van der Waals surface area contributed by atoms with Gasteiger partial charge in [0.15, 0.2) is 0 Å². The summed E-state index contributed by atoms with van der Waals surface area (Å²) in [6.45, 7) is 11.7. The lowest BCUT2D eigenvalue weighted by Crippen LogP contribution is -2.64. The lowest BCUT2D eigenvalue weighted by atomic mass is 9.82. The maximum absolute atomic E-state index is 14.3. The standard InChI is InChI=1S/C45H69NO13/c1-9-32-21-26(2)20-27(3)22-36(55-7)41-37(56-8)24-30(6)45(54,59-41)42(51)43(52)46-19-11-10-12-34(46)44(53)58-40(28(4)13-18-35(32)47)29(5)23-31-14-16-33(17-15-31)57-39(50)25-38(48)49/h21,23,27-28,30-34,36-37,40-41,54H,9-20,22,24-25H2,1-8H3,(H,48,49)/b26-21+,29-23+/t27-,28+,30+,31?,32+,33?,34-,36-,37-,40-,41+,45+/m0/s1. The average molecular weight is 832 g/mol. The number of methoxy groups -OCH3 is 2. The van der Waals surface area contributed by atoms with Gasteiger partial charge >= 0.3 is 17.9 Å². The van der Waals surface area contributed by atoms with Crippen LogP contribution in [0.3, 0.4) is 0 Å². The van der Waals surface area contributed by atoms with Crippen molar-refractivity contribution >= 4 is 35.4 Å². The first-order valence-electron chi connectivity index (χ1n) is 21.7. The minimum absolute atomic E-state index is 0.0682. The van der Waals surface area contributed by atoms with E-state index in [0.717, 1.165) is 11.1 Å². The van der Waals surface area contributed by atoms with Gasteiger partial charge in [-0.1, -0.05) is 45.4 Å². The zero-order valence-corrected chi connectivity index (χ0v) is 36.4. The molecule has 14 nitrogen and oxygen atoms in total. The summed E-state index contributed by atoms with van der Waals surface area (Å²) in [5, 5.41) is 21.0. The van der Waals surface area contributed by atoms with E-state index in [0.29, 0.717) is 64.2 Å². The van der Waals surface area contributed by atoms with Crippen molar-refractivity contribution in [2.45, 2.75) is 174 Å². The molecular formula is C45H69NO13. The molecule has 0 unspecified atom stereocenters. The van der Waals surface area contributed by atoms with Gasteiger partial charge in [0.25, 0.3) is 11.7 Å². The summed E-state index contributed by atoms with van der Waals surface area (Å²) in [4.78, 5) is 80.6. The Balaban J connectivity index is 1.67. The van der Waals surface area contributed by atoms with Gasteiger partial charge in [0.05, 0.1) is 12.2 Å². The molecule has 2 saturated heterocycles. The van der Waals surface area contributed by atoms with Gasteiger partial charge in [-0.15, -0.1) is 0 Å². The summed E-state index contributed by atoms with van der Waals surface area (Å²) >= 11 is 0. The van der Waals surface area contributed by atoms with Gasteiger partial charge in [-0.2, -0.15) is 0 Å². The molecule has 0 spiro atoms. The zero-order valence-electron chi connectivity index (χ0n) is 36.4. The minimum Gasteiger partial charge on any atom is -0.481 e. The first kappa shape index (κ1) is 48.2. The molecule has 4 aliphatic rings. The smallest absolute Gasteiger partial charge is 0.329 e. The Labute approximate surface area is 349 Å². The molecule has 0 radical (unpaired) electrons. The van der Waals surface area contributed by atoms with E-state index in [9.17, 15) is 33.9 Å². The fraction of sp³-hybridized carbons (Fsp3) is 0.778. The second kappa shape index (κ2) is 21.9.